The molecule has 1 N–H and O–H groups in total. The summed E-state index contributed by atoms with van der Waals surface area (Å²) >= 11 is 1.83. The predicted octanol–water partition coefficient (Wildman–Crippen LogP) is 4.45. The van der Waals surface area contributed by atoms with Gasteiger partial charge in [-0.15, -0.1) is 11.3 Å². The molecule has 1 aromatic heterocycles. The van der Waals surface area contributed by atoms with Crippen LogP contribution in [0.2, 0.25) is 0 Å². The third-order valence-corrected chi connectivity index (χ3v) is 5.18. The number of nitrogens with zero attached hydrogens (tertiary/aromatic N) is 1. The molecule has 1 aliphatic carbocycles. The number of thiazole rings is 1. The fourth-order valence-corrected chi connectivity index (χ4v) is 4.85. The number of nitrogens with one attached hydrogen (secondary N) is 1. The zero-order valence-corrected chi connectivity index (χ0v) is 14.1. The summed E-state index contributed by atoms with van der Waals surface area (Å²) in [5.74, 6) is 0. The van der Waals surface area contributed by atoms with Gasteiger partial charge in [0, 0.05) is 17.5 Å². The van der Waals surface area contributed by atoms with Crippen molar-refractivity contribution in [2.75, 3.05) is 0 Å². The molecule has 1 saturated carbocycles. The molecule has 0 unspecified atom stereocenters. The van der Waals surface area contributed by atoms with Crippen molar-refractivity contribution in [1.82, 2.24) is 10.3 Å². The van der Waals surface area contributed by atoms with Crippen LogP contribution in [0.3, 0.4) is 0 Å². The lowest BCUT2D eigenvalue weighted by Crippen LogP contribution is -2.43. The maximum atomic E-state index is 4.51. The summed E-state index contributed by atoms with van der Waals surface area (Å²) in [5.41, 5.74) is 2.11. The quantitative estimate of drug-likeness (QED) is 0.884. The highest BCUT2D eigenvalue weighted by atomic mass is 32.1. The first-order chi connectivity index (χ1) is 8.67. The Balaban J connectivity index is 1.97. The first-order valence-corrected chi connectivity index (χ1v) is 8.15. The van der Waals surface area contributed by atoms with E-state index in [0.717, 1.165) is 6.54 Å². The van der Waals surface area contributed by atoms with Gasteiger partial charge in [-0.25, -0.2) is 4.98 Å². The summed E-state index contributed by atoms with van der Waals surface area (Å²) in [4.78, 5) is 5.91. The van der Waals surface area contributed by atoms with E-state index in [0.29, 0.717) is 16.9 Å². The fourth-order valence-electron chi connectivity index (χ4n) is 3.96. The molecule has 0 atom stereocenters. The van der Waals surface area contributed by atoms with Gasteiger partial charge < -0.3 is 5.32 Å². The summed E-state index contributed by atoms with van der Waals surface area (Å²) in [7, 11) is 0. The molecule has 0 spiro atoms. The van der Waals surface area contributed by atoms with Gasteiger partial charge in [-0.05, 0) is 43.9 Å². The number of rotatable bonds is 3. The standard InChI is InChI=1S/C16H28N2S/c1-11-14(19-12(2)18-11)9-17-13-7-15(3,4)10-16(5,6)8-13/h13,17H,7-10H2,1-6H3. The van der Waals surface area contributed by atoms with E-state index in [2.05, 4.69) is 51.8 Å². The van der Waals surface area contributed by atoms with Crippen molar-refractivity contribution in [2.24, 2.45) is 10.8 Å². The molecule has 0 saturated heterocycles. The molecule has 2 rings (SSSR count). The molecule has 0 aromatic carbocycles. The molecule has 19 heavy (non-hydrogen) atoms. The number of aromatic nitrogens is 1. The molecule has 108 valence electrons. The Morgan fingerprint density at radius 1 is 1.16 bits per heavy atom. The van der Waals surface area contributed by atoms with Gasteiger partial charge >= 0.3 is 0 Å². The highest BCUT2D eigenvalue weighted by molar-refractivity contribution is 7.11. The highest BCUT2D eigenvalue weighted by Gasteiger charge is 2.38. The topological polar surface area (TPSA) is 24.9 Å². The van der Waals surface area contributed by atoms with E-state index < -0.39 is 0 Å². The summed E-state index contributed by atoms with van der Waals surface area (Å²) in [6, 6.07) is 0.639. The molecular formula is C16H28N2S. The second-order valence-corrected chi connectivity index (χ2v) is 9.02. The fraction of sp³-hybridized carbons (Fsp3) is 0.812. The van der Waals surface area contributed by atoms with Crippen LogP contribution in [0.1, 0.15) is 62.5 Å². The van der Waals surface area contributed by atoms with Gasteiger partial charge in [0.1, 0.15) is 0 Å². The van der Waals surface area contributed by atoms with Crippen LogP contribution >= 0.6 is 11.3 Å². The molecule has 0 amide bonds. The van der Waals surface area contributed by atoms with E-state index in [1.165, 1.54) is 34.8 Å². The first kappa shape index (κ1) is 15.0. The van der Waals surface area contributed by atoms with E-state index in [1.807, 2.05) is 11.3 Å². The van der Waals surface area contributed by atoms with Gasteiger partial charge in [0.2, 0.25) is 0 Å². The minimum absolute atomic E-state index is 0.456. The van der Waals surface area contributed by atoms with Gasteiger partial charge in [-0.3, -0.25) is 0 Å². The van der Waals surface area contributed by atoms with Crippen molar-refractivity contribution in [3.05, 3.63) is 15.6 Å². The Labute approximate surface area is 122 Å². The number of hydrogen-bond donors (Lipinski definition) is 1. The molecule has 0 radical (unpaired) electrons. The van der Waals surface area contributed by atoms with Crippen LogP contribution in [-0.2, 0) is 6.54 Å². The van der Waals surface area contributed by atoms with E-state index in [-0.39, 0.29) is 0 Å². The van der Waals surface area contributed by atoms with Crippen LogP contribution in [0, 0.1) is 24.7 Å². The first-order valence-electron chi connectivity index (χ1n) is 7.33. The lowest BCUT2D eigenvalue weighted by Gasteiger charge is -2.45. The Morgan fingerprint density at radius 2 is 1.74 bits per heavy atom. The van der Waals surface area contributed by atoms with Crippen molar-refractivity contribution in [2.45, 2.75) is 73.4 Å². The van der Waals surface area contributed by atoms with Crippen molar-refractivity contribution < 1.29 is 0 Å². The average Bonchev–Trinajstić information content (AvgIpc) is 2.49. The maximum absolute atomic E-state index is 4.51. The summed E-state index contributed by atoms with van der Waals surface area (Å²) in [5, 5.41) is 4.95. The van der Waals surface area contributed by atoms with Crippen LogP contribution in [0.4, 0.5) is 0 Å². The van der Waals surface area contributed by atoms with Crippen molar-refractivity contribution in [1.29, 1.82) is 0 Å². The third kappa shape index (κ3) is 4.03. The zero-order chi connectivity index (χ0) is 14.3. The van der Waals surface area contributed by atoms with Crippen LogP contribution in [-0.4, -0.2) is 11.0 Å². The zero-order valence-electron chi connectivity index (χ0n) is 13.3. The Kier molecular flexibility index (Phi) is 4.08. The van der Waals surface area contributed by atoms with Gasteiger partial charge in [-0.2, -0.15) is 0 Å². The minimum atomic E-state index is 0.456. The molecule has 2 nitrogen and oxygen atoms in total. The smallest absolute Gasteiger partial charge is 0.0900 e. The summed E-state index contributed by atoms with van der Waals surface area (Å²) in [6.07, 6.45) is 3.90. The minimum Gasteiger partial charge on any atom is -0.309 e. The Morgan fingerprint density at radius 3 is 2.21 bits per heavy atom. The normalized spacial score (nSPS) is 22.6. The third-order valence-electron chi connectivity index (χ3n) is 4.11. The van der Waals surface area contributed by atoms with Crippen molar-refractivity contribution >= 4 is 11.3 Å². The largest absolute Gasteiger partial charge is 0.309 e. The Hall–Kier alpha value is -0.410. The average molecular weight is 280 g/mol. The number of aryl methyl sites for hydroxylation is 2. The van der Waals surface area contributed by atoms with Gasteiger partial charge in [-0.1, -0.05) is 27.7 Å². The van der Waals surface area contributed by atoms with E-state index in [9.17, 15) is 0 Å². The van der Waals surface area contributed by atoms with Crippen LogP contribution in [0.15, 0.2) is 0 Å². The monoisotopic (exact) mass is 280 g/mol. The molecule has 1 aromatic rings. The number of hydrogen-bond acceptors (Lipinski definition) is 3. The van der Waals surface area contributed by atoms with Crippen molar-refractivity contribution in [3.63, 3.8) is 0 Å². The van der Waals surface area contributed by atoms with E-state index in [4.69, 9.17) is 0 Å². The summed E-state index contributed by atoms with van der Waals surface area (Å²) in [6.45, 7) is 14.8. The second-order valence-electron chi connectivity index (χ2n) is 7.73. The van der Waals surface area contributed by atoms with Crippen LogP contribution < -0.4 is 5.32 Å². The van der Waals surface area contributed by atoms with Crippen LogP contribution in [0.25, 0.3) is 0 Å². The second kappa shape index (κ2) is 5.17. The molecule has 1 fully saturated rings. The SMILES string of the molecule is Cc1nc(C)c(CNC2CC(C)(C)CC(C)(C)C2)s1. The van der Waals surface area contributed by atoms with Crippen molar-refractivity contribution in [3.8, 4) is 0 Å². The van der Waals surface area contributed by atoms with E-state index >= 15 is 0 Å². The van der Waals surface area contributed by atoms with Gasteiger partial charge in [0.25, 0.3) is 0 Å². The molecule has 1 aliphatic rings. The van der Waals surface area contributed by atoms with Gasteiger partial charge in [0.15, 0.2) is 0 Å². The molecular weight excluding hydrogens is 252 g/mol. The van der Waals surface area contributed by atoms with E-state index in [1.54, 1.807) is 0 Å². The van der Waals surface area contributed by atoms with Crippen LogP contribution in [0.5, 0.6) is 0 Å². The molecule has 0 bridgehead atoms. The maximum Gasteiger partial charge on any atom is 0.0900 e. The molecule has 1 heterocycles. The van der Waals surface area contributed by atoms with Gasteiger partial charge in [0.05, 0.1) is 10.7 Å². The predicted molar refractivity (Wildman–Crippen MR) is 83.6 cm³/mol. The molecule has 3 heteroatoms. The summed E-state index contributed by atoms with van der Waals surface area (Å²) < 4.78 is 0. The lowest BCUT2D eigenvalue weighted by atomic mass is 9.63. The lowest BCUT2D eigenvalue weighted by molar-refractivity contribution is 0.0846. The molecule has 0 aliphatic heterocycles. The Bertz CT molecular complexity index is 430. The highest BCUT2D eigenvalue weighted by Crippen LogP contribution is 2.45.